The maximum Gasteiger partial charge on any atom is 0.251 e. The lowest BCUT2D eigenvalue weighted by molar-refractivity contribution is 0.0950. The van der Waals surface area contributed by atoms with Crippen molar-refractivity contribution in [2.24, 2.45) is 0 Å². The Labute approximate surface area is 161 Å². The van der Waals surface area contributed by atoms with Crippen LogP contribution in [0.1, 0.15) is 57.8 Å². The monoisotopic (exact) mass is 364 g/mol. The highest BCUT2D eigenvalue weighted by Gasteiger charge is 2.17. The molecule has 1 heterocycles. The van der Waals surface area contributed by atoms with Crippen molar-refractivity contribution in [1.29, 1.82) is 0 Å². The van der Waals surface area contributed by atoms with Crippen LogP contribution in [0.5, 0.6) is 5.75 Å². The first-order chi connectivity index (χ1) is 13.2. The molecule has 1 amide bonds. The number of amides is 1. The van der Waals surface area contributed by atoms with Crippen LogP contribution in [0.3, 0.4) is 0 Å². The van der Waals surface area contributed by atoms with E-state index >= 15 is 0 Å². The van der Waals surface area contributed by atoms with Crippen LogP contribution in [-0.4, -0.2) is 26.1 Å². The Hall–Kier alpha value is -2.33. The zero-order valence-electron chi connectivity index (χ0n) is 16.0. The third-order valence-corrected chi connectivity index (χ3v) is 5.88. The van der Waals surface area contributed by atoms with Crippen LogP contribution >= 0.6 is 0 Å². The van der Waals surface area contributed by atoms with Crippen molar-refractivity contribution in [3.05, 3.63) is 64.2 Å². The van der Waals surface area contributed by atoms with Gasteiger partial charge in [0.15, 0.2) is 0 Å². The van der Waals surface area contributed by atoms with E-state index in [0.717, 1.165) is 37.2 Å². The number of hydrogen-bond donors (Lipinski definition) is 2. The fourth-order valence-corrected chi connectivity index (χ4v) is 4.30. The van der Waals surface area contributed by atoms with Crippen LogP contribution < -0.4 is 15.4 Å². The Kier molecular flexibility index (Phi) is 5.44. The number of methoxy groups -OCH3 is 1. The molecule has 1 fully saturated rings. The number of piperidine rings is 1. The lowest BCUT2D eigenvalue weighted by atomic mass is 9.91. The molecule has 4 nitrogen and oxygen atoms in total. The van der Waals surface area contributed by atoms with E-state index in [4.69, 9.17) is 4.74 Å². The molecule has 27 heavy (non-hydrogen) atoms. The summed E-state index contributed by atoms with van der Waals surface area (Å²) < 4.78 is 5.53. The quantitative estimate of drug-likeness (QED) is 0.853. The Morgan fingerprint density at radius 1 is 1.15 bits per heavy atom. The summed E-state index contributed by atoms with van der Waals surface area (Å²) in [6, 6.07) is 12.4. The maximum absolute atomic E-state index is 12.6. The summed E-state index contributed by atoms with van der Waals surface area (Å²) in [5, 5.41) is 6.50. The molecule has 1 atom stereocenters. The summed E-state index contributed by atoms with van der Waals surface area (Å²) >= 11 is 0. The number of aryl methyl sites for hydroxylation is 2. The van der Waals surface area contributed by atoms with E-state index in [1.54, 1.807) is 7.11 Å². The first-order valence-corrected chi connectivity index (χ1v) is 10.0. The molecule has 1 saturated heterocycles. The molecule has 0 saturated carbocycles. The van der Waals surface area contributed by atoms with Gasteiger partial charge in [0.1, 0.15) is 5.75 Å². The average molecular weight is 364 g/mol. The number of ether oxygens (including phenoxy) is 1. The summed E-state index contributed by atoms with van der Waals surface area (Å²) in [5.41, 5.74) is 5.86. The highest BCUT2D eigenvalue weighted by atomic mass is 16.5. The van der Waals surface area contributed by atoms with Crippen molar-refractivity contribution in [3.63, 3.8) is 0 Å². The molecule has 0 radical (unpaired) electrons. The lowest BCUT2D eigenvalue weighted by Crippen LogP contribution is -2.28. The summed E-state index contributed by atoms with van der Waals surface area (Å²) in [4.78, 5) is 12.6. The minimum absolute atomic E-state index is 0.0362. The van der Waals surface area contributed by atoms with Gasteiger partial charge < -0.3 is 15.4 Å². The van der Waals surface area contributed by atoms with Crippen LogP contribution in [0.4, 0.5) is 0 Å². The van der Waals surface area contributed by atoms with Crippen molar-refractivity contribution in [1.82, 2.24) is 10.6 Å². The Bertz CT molecular complexity index is 808. The molecule has 0 unspecified atom stereocenters. The van der Waals surface area contributed by atoms with Gasteiger partial charge in [-0.3, -0.25) is 4.79 Å². The van der Waals surface area contributed by atoms with Gasteiger partial charge >= 0.3 is 0 Å². The summed E-state index contributed by atoms with van der Waals surface area (Å²) in [6.07, 6.45) is 5.89. The van der Waals surface area contributed by atoms with E-state index in [1.165, 1.54) is 36.0 Å². The Morgan fingerprint density at radius 2 is 1.93 bits per heavy atom. The number of nitrogens with one attached hydrogen (secondary N) is 2. The molecule has 2 aromatic carbocycles. The fourth-order valence-electron chi connectivity index (χ4n) is 4.30. The first-order valence-electron chi connectivity index (χ1n) is 10.0. The summed E-state index contributed by atoms with van der Waals surface area (Å²) in [7, 11) is 1.70. The SMILES string of the molecule is COc1cc2c(cc1CNC(=O)c1ccc([C@@H]3CCCNC3)cc1)CCC2. The van der Waals surface area contributed by atoms with Crippen LogP contribution in [-0.2, 0) is 19.4 Å². The van der Waals surface area contributed by atoms with Gasteiger partial charge in [-0.05, 0) is 79.5 Å². The van der Waals surface area contributed by atoms with Gasteiger partial charge in [0, 0.05) is 24.2 Å². The van der Waals surface area contributed by atoms with Crippen molar-refractivity contribution in [2.75, 3.05) is 20.2 Å². The van der Waals surface area contributed by atoms with Crippen molar-refractivity contribution in [2.45, 2.75) is 44.6 Å². The van der Waals surface area contributed by atoms with Crippen LogP contribution in [0.15, 0.2) is 36.4 Å². The zero-order valence-corrected chi connectivity index (χ0v) is 16.0. The van der Waals surface area contributed by atoms with E-state index in [0.29, 0.717) is 18.0 Å². The molecule has 0 spiro atoms. The van der Waals surface area contributed by atoms with E-state index in [1.807, 2.05) is 12.1 Å². The molecular weight excluding hydrogens is 336 g/mol. The van der Waals surface area contributed by atoms with E-state index in [2.05, 4.69) is 34.9 Å². The summed E-state index contributed by atoms with van der Waals surface area (Å²) in [6.45, 7) is 2.64. The Balaban J connectivity index is 1.41. The predicted octanol–water partition coefficient (Wildman–Crippen LogP) is 3.58. The van der Waals surface area contributed by atoms with Gasteiger partial charge in [-0.15, -0.1) is 0 Å². The van der Waals surface area contributed by atoms with Gasteiger partial charge in [0.2, 0.25) is 0 Å². The molecule has 0 bridgehead atoms. The highest BCUT2D eigenvalue weighted by molar-refractivity contribution is 5.94. The molecule has 4 heteroatoms. The van der Waals surface area contributed by atoms with Gasteiger partial charge in [-0.1, -0.05) is 18.2 Å². The molecule has 2 N–H and O–H groups in total. The molecule has 0 aromatic heterocycles. The highest BCUT2D eigenvalue weighted by Crippen LogP contribution is 2.30. The zero-order chi connectivity index (χ0) is 18.6. The van der Waals surface area contributed by atoms with Crippen molar-refractivity contribution in [3.8, 4) is 5.75 Å². The smallest absolute Gasteiger partial charge is 0.251 e. The van der Waals surface area contributed by atoms with Gasteiger partial charge in [-0.25, -0.2) is 0 Å². The largest absolute Gasteiger partial charge is 0.496 e. The van der Waals surface area contributed by atoms with E-state index in [-0.39, 0.29) is 5.91 Å². The second-order valence-electron chi connectivity index (χ2n) is 7.63. The lowest BCUT2D eigenvalue weighted by Gasteiger charge is -2.23. The van der Waals surface area contributed by atoms with Crippen molar-refractivity contribution >= 4 is 5.91 Å². The Morgan fingerprint density at radius 3 is 2.63 bits per heavy atom. The minimum Gasteiger partial charge on any atom is -0.496 e. The van der Waals surface area contributed by atoms with Gasteiger partial charge in [0.25, 0.3) is 5.91 Å². The third kappa shape index (κ3) is 4.01. The number of hydrogen-bond acceptors (Lipinski definition) is 3. The number of rotatable bonds is 5. The molecule has 2 aromatic rings. The van der Waals surface area contributed by atoms with Gasteiger partial charge in [-0.2, -0.15) is 0 Å². The van der Waals surface area contributed by atoms with Crippen molar-refractivity contribution < 1.29 is 9.53 Å². The van der Waals surface area contributed by atoms with E-state index < -0.39 is 0 Å². The number of carbonyl (C=O) groups excluding carboxylic acids is 1. The van der Waals surface area contributed by atoms with Crippen LogP contribution in [0.2, 0.25) is 0 Å². The van der Waals surface area contributed by atoms with Crippen LogP contribution in [0, 0.1) is 0 Å². The minimum atomic E-state index is -0.0362. The topological polar surface area (TPSA) is 50.4 Å². The number of fused-ring (bicyclic) bond motifs is 1. The normalized spacial score (nSPS) is 18.8. The van der Waals surface area contributed by atoms with Crippen LogP contribution in [0.25, 0.3) is 0 Å². The summed E-state index contributed by atoms with van der Waals surface area (Å²) in [5.74, 6) is 1.40. The average Bonchev–Trinajstić information content (AvgIpc) is 3.19. The first kappa shape index (κ1) is 18.1. The molecule has 2 aliphatic rings. The molecule has 142 valence electrons. The second kappa shape index (κ2) is 8.13. The second-order valence-corrected chi connectivity index (χ2v) is 7.63. The third-order valence-electron chi connectivity index (χ3n) is 5.88. The van der Waals surface area contributed by atoms with E-state index in [9.17, 15) is 4.79 Å². The predicted molar refractivity (Wildman–Crippen MR) is 107 cm³/mol. The molecule has 1 aliphatic carbocycles. The molecule has 1 aliphatic heterocycles. The number of carbonyl (C=O) groups is 1. The molecule has 4 rings (SSSR count). The number of benzene rings is 2. The van der Waals surface area contributed by atoms with Gasteiger partial charge in [0.05, 0.1) is 7.11 Å². The standard InChI is InChI=1S/C23H28N2O2/c1-27-22-13-19-5-2-4-18(19)12-21(22)15-25-23(26)17-9-7-16(8-10-17)20-6-3-11-24-14-20/h7-10,12-13,20,24H,2-6,11,14-15H2,1H3,(H,25,26)/t20-/m1/s1. The maximum atomic E-state index is 12.6. The fraction of sp³-hybridized carbons (Fsp3) is 0.435. The molecular formula is C23H28N2O2.